The number of carbonyl (C=O) groups excluding carboxylic acids is 1. The lowest BCUT2D eigenvalue weighted by atomic mass is 9.83. The number of Topliss-reactive ketones (excluding diaryl/α,β-unsaturated/α-hetero) is 1. The van der Waals surface area contributed by atoms with E-state index in [9.17, 15) is 27.5 Å². The largest absolute Gasteiger partial charge is 0.417 e. The van der Waals surface area contributed by atoms with Crippen molar-refractivity contribution in [2.75, 3.05) is 13.1 Å². The lowest BCUT2D eigenvalue weighted by Gasteiger charge is -2.41. The van der Waals surface area contributed by atoms with Crippen LogP contribution in [-0.2, 0) is 11.8 Å². The van der Waals surface area contributed by atoms with Gasteiger partial charge in [-0.05, 0) is 30.5 Å². The molecule has 0 aliphatic carbocycles. The Kier molecular flexibility index (Phi) is 7.05. The standard InChI is InChI=1S/C22H23ClF4N2O2/c23-17-7-6-15(12-16(17)22(25,26)27)21(31)8-10-29(11-9-21)19(28)13-18(24)20(30)14-4-2-1-3-5-14/h1-7,12,18-19,31H,8-11,13,28H2. The smallest absolute Gasteiger partial charge is 0.385 e. The van der Waals surface area contributed by atoms with Crippen LogP contribution in [0.25, 0.3) is 0 Å². The molecular weight excluding hydrogens is 436 g/mol. The molecule has 1 aliphatic rings. The summed E-state index contributed by atoms with van der Waals surface area (Å²) in [5.41, 5.74) is 3.99. The van der Waals surface area contributed by atoms with Crippen LogP contribution in [0.15, 0.2) is 48.5 Å². The molecular formula is C22H23ClF4N2O2. The molecule has 3 N–H and O–H groups in total. The van der Waals surface area contributed by atoms with Gasteiger partial charge in [-0.25, -0.2) is 4.39 Å². The highest BCUT2D eigenvalue weighted by Gasteiger charge is 2.39. The molecule has 0 aromatic heterocycles. The number of likely N-dealkylation sites (tertiary alicyclic amines) is 1. The van der Waals surface area contributed by atoms with Crippen molar-refractivity contribution in [1.82, 2.24) is 4.90 Å². The summed E-state index contributed by atoms with van der Waals surface area (Å²) in [6.07, 6.45) is -7.15. The minimum absolute atomic E-state index is 0.114. The zero-order valence-corrected chi connectivity index (χ0v) is 17.3. The van der Waals surface area contributed by atoms with Gasteiger partial charge in [0.15, 0.2) is 12.0 Å². The van der Waals surface area contributed by atoms with E-state index in [-0.39, 0.29) is 43.5 Å². The molecule has 1 saturated heterocycles. The van der Waals surface area contributed by atoms with Crippen molar-refractivity contribution >= 4 is 17.4 Å². The second kappa shape index (κ2) is 9.24. The number of nitrogens with zero attached hydrogens (tertiary/aromatic N) is 1. The van der Waals surface area contributed by atoms with Crippen molar-refractivity contribution in [3.8, 4) is 0 Å². The third-order valence-corrected chi connectivity index (χ3v) is 6.02. The Morgan fingerprint density at radius 2 is 1.77 bits per heavy atom. The number of rotatable bonds is 6. The van der Waals surface area contributed by atoms with Gasteiger partial charge in [-0.1, -0.05) is 48.0 Å². The third kappa shape index (κ3) is 5.44. The molecule has 3 rings (SSSR count). The van der Waals surface area contributed by atoms with Crippen LogP contribution in [0, 0.1) is 0 Å². The minimum atomic E-state index is -4.63. The van der Waals surface area contributed by atoms with Gasteiger partial charge in [0.25, 0.3) is 0 Å². The van der Waals surface area contributed by atoms with Crippen LogP contribution < -0.4 is 5.73 Å². The summed E-state index contributed by atoms with van der Waals surface area (Å²) >= 11 is 5.66. The van der Waals surface area contributed by atoms with Gasteiger partial charge in [0.1, 0.15) is 0 Å². The Labute approximate surface area is 182 Å². The maximum atomic E-state index is 14.5. The number of hydrogen-bond donors (Lipinski definition) is 2. The van der Waals surface area contributed by atoms with Crippen molar-refractivity contribution in [3.05, 3.63) is 70.2 Å². The van der Waals surface area contributed by atoms with E-state index in [1.807, 2.05) is 0 Å². The Morgan fingerprint density at radius 1 is 1.16 bits per heavy atom. The van der Waals surface area contributed by atoms with Crippen molar-refractivity contribution in [3.63, 3.8) is 0 Å². The number of hydrogen-bond acceptors (Lipinski definition) is 4. The van der Waals surface area contributed by atoms with Crippen molar-refractivity contribution in [2.45, 2.75) is 43.4 Å². The van der Waals surface area contributed by atoms with Gasteiger partial charge in [-0.15, -0.1) is 0 Å². The summed E-state index contributed by atoms with van der Waals surface area (Å²) in [6.45, 7) is 0.488. The van der Waals surface area contributed by atoms with E-state index in [0.29, 0.717) is 0 Å². The molecule has 0 spiro atoms. The van der Waals surface area contributed by atoms with Crippen LogP contribution in [-0.4, -0.2) is 41.2 Å². The van der Waals surface area contributed by atoms with Gasteiger partial charge in [-0.3, -0.25) is 9.69 Å². The van der Waals surface area contributed by atoms with E-state index < -0.39 is 40.5 Å². The van der Waals surface area contributed by atoms with Crippen molar-refractivity contribution in [2.24, 2.45) is 5.73 Å². The molecule has 2 aromatic carbocycles. The summed E-state index contributed by atoms with van der Waals surface area (Å²) in [5, 5.41) is 10.5. The van der Waals surface area contributed by atoms with Crippen molar-refractivity contribution in [1.29, 1.82) is 0 Å². The Morgan fingerprint density at radius 3 is 2.35 bits per heavy atom. The third-order valence-electron chi connectivity index (χ3n) is 5.69. The fourth-order valence-electron chi connectivity index (χ4n) is 3.80. The maximum absolute atomic E-state index is 14.5. The average molecular weight is 459 g/mol. The van der Waals surface area contributed by atoms with Gasteiger partial charge < -0.3 is 10.8 Å². The highest BCUT2D eigenvalue weighted by molar-refractivity contribution is 6.31. The van der Waals surface area contributed by atoms with Gasteiger partial charge in [0.2, 0.25) is 0 Å². The number of ketones is 1. The lowest BCUT2D eigenvalue weighted by Crippen LogP contribution is -2.51. The number of aliphatic hydroxyl groups is 1. The number of piperidine rings is 1. The van der Waals surface area contributed by atoms with E-state index in [1.165, 1.54) is 18.2 Å². The highest BCUT2D eigenvalue weighted by atomic mass is 35.5. The fraction of sp³-hybridized carbons (Fsp3) is 0.409. The first kappa shape index (κ1) is 23.7. The number of alkyl halides is 4. The van der Waals surface area contributed by atoms with Gasteiger partial charge in [0.05, 0.1) is 22.4 Å². The lowest BCUT2D eigenvalue weighted by molar-refractivity contribution is -0.137. The summed E-state index contributed by atoms with van der Waals surface area (Å²) in [4.78, 5) is 13.9. The van der Waals surface area contributed by atoms with Crippen LogP contribution in [0.3, 0.4) is 0 Å². The molecule has 4 nitrogen and oxygen atoms in total. The Bertz CT molecular complexity index is 915. The second-order valence-corrected chi connectivity index (χ2v) is 8.17. The number of benzene rings is 2. The molecule has 168 valence electrons. The minimum Gasteiger partial charge on any atom is -0.385 e. The molecule has 2 unspecified atom stereocenters. The first-order valence-electron chi connectivity index (χ1n) is 9.84. The molecule has 0 radical (unpaired) electrons. The highest BCUT2D eigenvalue weighted by Crippen LogP contribution is 2.40. The van der Waals surface area contributed by atoms with Crippen LogP contribution in [0.5, 0.6) is 0 Å². The van der Waals surface area contributed by atoms with Gasteiger partial charge >= 0.3 is 6.18 Å². The predicted molar refractivity (Wildman–Crippen MR) is 109 cm³/mol. The molecule has 1 aliphatic heterocycles. The summed E-state index contributed by atoms with van der Waals surface area (Å²) in [6, 6.07) is 11.4. The number of nitrogens with two attached hydrogens (primary N) is 1. The molecule has 0 bridgehead atoms. The Hall–Kier alpha value is -2.00. The van der Waals surface area contributed by atoms with E-state index >= 15 is 0 Å². The van der Waals surface area contributed by atoms with E-state index in [2.05, 4.69) is 0 Å². The van der Waals surface area contributed by atoms with Crippen LogP contribution >= 0.6 is 11.6 Å². The van der Waals surface area contributed by atoms with E-state index in [0.717, 1.165) is 12.1 Å². The monoisotopic (exact) mass is 458 g/mol. The van der Waals surface area contributed by atoms with Gasteiger partial charge in [-0.2, -0.15) is 13.2 Å². The van der Waals surface area contributed by atoms with Crippen molar-refractivity contribution < 1.29 is 27.5 Å². The topological polar surface area (TPSA) is 66.6 Å². The summed E-state index contributed by atoms with van der Waals surface area (Å²) < 4.78 is 53.9. The quantitative estimate of drug-likeness (QED) is 0.493. The molecule has 0 saturated carbocycles. The fourth-order valence-corrected chi connectivity index (χ4v) is 4.02. The molecule has 0 amide bonds. The second-order valence-electron chi connectivity index (χ2n) is 7.76. The zero-order chi connectivity index (χ0) is 22.8. The molecule has 2 aromatic rings. The average Bonchev–Trinajstić information content (AvgIpc) is 2.73. The first-order chi connectivity index (χ1) is 14.5. The van der Waals surface area contributed by atoms with E-state index in [4.69, 9.17) is 17.3 Å². The molecule has 9 heteroatoms. The molecule has 1 fully saturated rings. The SMILES string of the molecule is NC(CC(F)C(=O)c1ccccc1)N1CCC(O)(c2ccc(Cl)c(C(F)(F)F)c2)CC1. The van der Waals surface area contributed by atoms with E-state index in [1.54, 1.807) is 23.1 Å². The number of halogens is 5. The van der Waals surface area contributed by atoms with Crippen LogP contribution in [0.2, 0.25) is 5.02 Å². The zero-order valence-electron chi connectivity index (χ0n) is 16.6. The molecule has 31 heavy (non-hydrogen) atoms. The molecule has 1 heterocycles. The van der Waals surface area contributed by atoms with Crippen LogP contribution in [0.4, 0.5) is 17.6 Å². The summed E-state index contributed by atoms with van der Waals surface area (Å²) in [7, 11) is 0. The predicted octanol–water partition coefficient (Wildman–Crippen LogP) is 4.54. The summed E-state index contributed by atoms with van der Waals surface area (Å²) in [5.74, 6) is -0.648. The molecule has 2 atom stereocenters. The van der Waals surface area contributed by atoms with Crippen LogP contribution in [0.1, 0.15) is 40.7 Å². The van der Waals surface area contributed by atoms with Gasteiger partial charge in [0, 0.05) is 25.1 Å². The number of carbonyl (C=O) groups is 1. The maximum Gasteiger partial charge on any atom is 0.417 e. The Balaban J connectivity index is 1.63. The normalized spacial score (nSPS) is 19.1. The first-order valence-corrected chi connectivity index (χ1v) is 10.2.